The standard InChI is InChI=1S/C20H25NO4S/c1-21(11-10-14-6-7-15(23-2)17(13-14)24-3)20(22)19-9-8-18(26-19)16-5-4-12-25-16/h6-9,13,16H,4-5,10-12H2,1-3H3/t16-/m0/s1. The highest BCUT2D eigenvalue weighted by Gasteiger charge is 2.22. The van der Waals surface area contributed by atoms with E-state index >= 15 is 0 Å². The Kier molecular flexibility index (Phi) is 6.16. The van der Waals surface area contributed by atoms with Crippen molar-refractivity contribution < 1.29 is 19.0 Å². The molecule has 0 bridgehead atoms. The Morgan fingerprint density at radius 2 is 2.04 bits per heavy atom. The van der Waals surface area contributed by atoms with Gasteiger partial charge in [-0.05, 0) is 49.1 Å². The number of rotatable bonds is 7. The number of benzene rings is 1. The summed E-state index contributed by atoms with van der Waals surface area (Å²) in [5.41, 5.74) is 1.11. The van der Waals surface area contributed by atoms with Gasteiger partial charge >= 0.3 is 0 Å². The smallest absolute Gasteiger partial charge is 0.263 e. The Morgan fingerprint density at radius 1 is 1.23 bits per heavy atom. The summed E-state index contributed by atoms with van der Waals surface area (Å²) in [6.45, 7) is 1.46. The predicted octanol–water partition coefficient (Wildman–Crippen LogP) is 3.93. The van der Waals surface area contributed by atoms with E-state index in [0.29, 0.717) is 18.0 Å². The largest absolute Gasteiger partial charge is 0.493 e. The van der Waals surface area contributed by atoms with Crippen LogP contribution >= 0.6 is 11.3 Å². The van der Waals surface area contributed by atoms with Crippen molar-refractivity contribution >= 4 is 17.2 Å². The van der Waals surface area contributed by atoms with E-state index in [4.69, 9.17) is 14.2 Å². The van der Waals surface area contributed by atoms with Crippen LogP contribution in [0.5, 0.6) is 11.5 Å². The first-order chi connectivity index (χ1) is 12.6. The predicted molar refractivity (Wildman–Crippen MR) is 102 cm³/mol. The first-order valence-corrected chi connectivity index (χ1v) is 9.61. The molecule has 0 radical (unpaired) electrons. The summed E-state index contributed by atoms with van der Waals surface area (Å²) in [6, 6.07) is 9.79. The summed E-state index contributed by atoms with van der Waals surface area (Å²) in [5.74, 6) is 1.47. The van der Waals surface area contributed by atoms with Crippen LogP contribution in [0.25, 0.3) is 0 Å². The number of methoxy groups -OCH3 is 2. The molecule has 0 aliphatic carbocycles. The van der Waals surface area contributed by atoms with Crippen molar-refractivity contribution in [1.29, 1.82) is 0 Å². The van der Waals surface area contributed by atoms with Gasteiger partial charge in [-0.3, -0.25) is 4.79 Å². The van der Waals surface area contributed by atoms with Crippen LogP contribution in [0, 0.1) is 0 Å². The molecule has 0 unspecified atom stereocenters. The van der Waals surface area contributed by atoms with Crippen LogP contribution in [-0.2, 0) is 11.2 Å². The molecule has 0 spiro atoms. The van der Waals surface area contributed by atoms with E-state index in [0.717, 1.165) is 41.2 Å². The Hall–Kier alpha value is -2.05. The summed E-state index contributed by atoms with van der Waals surface area (Å²) < 4.78 is 16.3. The molecule has 1 aliphatic heterocycles. The van der Waals surface area contributed by atoms with Crippen LogP contribution in [0.4, 0.5) is 0 Å². The lowest BCUT2D eigenvalue weighted by Crippen LogP contribution is -2.28. The van der Waals surface area contributed by atoms with Crippen LogP contribution in [-0.4, -0.2) is 45.2 Å². The fourth-order valence-electron chi connectivity index (χ4n) is 3.07. The van der Waals surface area contributed by atoms with Gasteiger partial charge in [0, 0.05) is 25.1 Å². The molecule has 1 aromatic heterocycles. The molecular weight excluding hydrogens is 350 g/mol. The SMILES string of the molecule is COc1ccc(CCN(C)C(=O)c2ccc([C@@H]3CCCO3)s2)cc1OC. The van der Waals surface area contributed by atoms with Crippen LogP contribution in [0.1, 0.15) is 39.1 Å². The number of carbonyl (C=O) groups is 1. The lowest BCUT2D eigenvalue weighted by Gasteiger charge is -2.17. The highest BCUT2D eigenvalue weighted by Crippen LogP contribution is 2.33. The van der Waals surface area contributed by atoms with E-state index in [1.165, 1.54) is 0 Å². The number of nitrogens with zero attached hydrogens (tertiary/aromatic N) is 1. The third-order valence-corrected chi connectivity index (χ3v) is 5.78. The molecule has 0 N–H and O–H groups in total. The summed E-state index contributed by atoms with van der Waals surface area (Å²) in [5, 5.41) is 0. The number of thiophene rings is 1. The van der Waals surface area contributed by atoms with Gasteiger partial charge in [0.15, 0.2) is 11.5 Å². The average Bonchev–Trinajstić information content (AvgIpc) is 3.36. The second-order valence-corrected chi connectivity index (χ2v) is 7.49. The van der Waals surface area contributed by atoms with Gasteiger partial charge in [-0.15, -0.1) is 11.3 Å². The van der Waals surface area contributed by atoms with E-state index in [2.05, 4.69) is 0 Å². The molecule has 2 heterocycles. The van der Waals surface area contributed by atoms with E-state index in [9.17, 15) is 4.79 Å². The Morgan fingerprint density at radius 3 is 2.73 bits per heavy atom. The van der Waals surface area contributed by atoms with Crippen molar-refractivity contribution in [3.05, 3.63) is 45.6 Å². The second-order valence-electron chi connectivity index (χ2n) is 6.37. The zero-order valence-electron chi connectivity index (χ0n) is 15.5. The molecule has 1 atom stereocenters. The highest BCUT2D eigenvalue weighted by molar-refractivity contribution is 7.14. The summed E-state index contributed by atoms with van der Waals surface area (Å²) in [7, 11) is 5.09. The normalized spacial score (nSPS) is 16.5. The van der Waals surface area contributed by atoms with E-state index in [1.807, 2.05) is 37.4 Å². The fourth-order valence-corrected chi connectivity index (χ4v) is 4.15. The number of amides is 1. The minimum Gasteiger partial charge on any atom is -0.493 e. The fraction of sp³-hybridized carbons (Fsp3) is 0.450. The topological polar surface area (TPSA) is 48.0 Å². The Labute approximate surface area is 158 Å². The van der Waals surface area contributed by atoms with Crippen LogP contribution in [0.2, 0.25) is 0 Å². The molecule has 6 heteroatoms. The van der Waals surface area contributed by atoms with E-state index in [-0.39, 0.29) is 12.0 Å². The molecule has 2 aromatic rings. The Balaban J connectivity index is 1.59. The van der Waals surface area contributed by atoms with Gasteiger partial charge in [0.25, 0.3) is 5.91 Å². The van der Waals surface area contributed by atoms with Gasteiger partial charge in [0.2, 0.25) is 0 Å². The molecule has 0 saturated carbocycles. The minimum atomic E-state index is 0.0553. The first-order valence-electron chi connectivity index (χ1n) is 8.80. The third-order valence-electron chi connectivity index (χ3n) is 4.62. The van der Waals surface area contributed by atoms with Gasteiger partial charge < -0.3 is 19.1 Å². The molecule has 3 rings (SSSR count). The van der Waals surface area contributed by atoms with Crippen LogP contribution < -0.4 is 9.47 Å². The lowest BCUT2D eigenvalue weighted by molar-refractivity contribution is 0.0801. The number of likely N-dealkylation sites (N-methyl/N-ethyl adjacent to an activating group) is 1. The van der Waals surface area contributed by atoms with Crippen molar-refractivity contribution in [2.24, 2.45) is 0 Å². The molecule has 1 fully saturated rings. The van der Waals surface area contributed by atoms with Gasteiger partial charge in [0.1, 0.15) is 0 Å². The van der Waals surface area contributed by atoms with Crippen molar-refractivity contribution in [3.63, 3.8) is 0 Å². The molecule has 5 nitrogen and oxygen atoms in total. The van der Waals surface area contributed by atoms with Crippen molar-refractivity contribution in [3.8, 4) is 11.5 Å². The van der Waals surface area contributed by atoms with Gasteiger partial charge in [-0.1, -0.05) is 6.07 Å². The number of hydrogen-bond donors (Lipinski definition) is 0. The van der Waals surface area contributed by atoms with Crippen molar-refractivity contribution in [2.45, 2.75) is 25.4 Å². The molecule has 26 heavy (non-hydrogen) atoms. The molecular formula is C20H25NO4S. The second kappa shape index (κ2) is 8.56. The maximum Gasteiger partial charge on any atom is 0.263 e. The zero-order valence-corrected chi connectivity index (χ0v) is 16.3. The average molecular weight is 375 g/mol. The zero-order chi connectivity index (χ0) is 18.5. The molecule has 1 aliphatic rings. The minimum absolute atomic E-state index is 0.0553. The molecule has 1 saturated heterocycles. The summed E-state index contributed by atoms with van der Waals surface area (Å²) in [6.07, 6.45) is 3.06. The molecule has 140 valence electrons. The number of ether oxygens (including phenoxy) is 3. The molecule has 1 aromatic carbocycles. The summed E-state index contributed by atoms with van der Waals surface area (Å²) in [4.78, 5) is 16.4. The van der Waals surface area contributed by atoms with Crippen LogP contribution in [0.3, 0.4) is 0 Å². The monoisotopic (exact) mass is 375 g/mol. The first kappa shape index (κ1) is 18.7. The van der Waals surface area contributed by atoms with E-state index in [1.54, 1.807) is 30.5 Å². The lowest BCUT2D eigenvalue weighted by atomic mass is 10.1. The number of carbonyl (C=O) groups excluding carboxylic acids is 1. The third kappa shape index (κ3) is 4.19. The highest BCUT2D eigenvalue weighted by atomic mass is 32.1. The summed E-state index contributed by atoms with van der Waals surface area (Å²) >= 11 is 1.55. The Bertz CT molecular complexity index is 752. The van der Waals surface area contributed by atoms with Crippen molar-refractivity contribution in [2.75, 3.05) is 34.4 Å². The molecule has 1 amide bonds. The van der Waals surface area contributed by atoms with Gasteiger partial charge in [-0.25, -0.2) is 0 Å². The van der Waals surface area contributed by atoms with Crippen molar-refractivity contribution in [1.82, 2.24) is 4.90 Å². The van der Waals surface area contributed by atoms with Gasteiger partial charge in [-0.2, -0.15) is 0 Å². The van der Waals surface area contributed by atoms with E-state index < -0.39 is 0 Å². The van der Waals surface area contributed by atoms with Gasteiger partial charge in [0.05, 0.1) is 25.2 Å². The van der Waals surface area contributed by atoms with Crippen LogP contribution in [0.15, 0.2) is 30.3 Å². The quantitative estimate of drug-likeness (QED) is 0.736. The maximum absolute atomic E-state index is 12.7. The maximum atomic E-state index is 12.7. The number of hydrogen-bond acceptors (Lipinski definition) is 5.